The maximum Gasteiger partial charge on any atom is 0.236 e. The number of rotatable bonds is 4. The number of carbonyl (C=O) groups excluding carboxylic acids is 2. The topological polar surface area (TPSA) is 99.3 Å². The number of amides is 2. The van der Waals surface area contributed by atoms with Crippen molar-refractivity contribution in [1.82, 2.24) is 19.4 Å². The van der Waals surface area contributed by atoms with Gasteiger partial charge < -0.3 is 15.0 Å². The highest BCUT2D eigenvalue weighted by Crippen LogP contribution is 2.38. The molecular formula is C31H48N4O5S. The lowest BCUT2D eigenvalue weighted by Crippen LogP contribution is -2.53. The highest BCUT2D eigenvalue weighted by Gasteiger charge is 2.42. The van der Waals surface area contributed by atoms with Gasteiger partial charge in [0.2, 0.25) is 21.8 Å². The largest absolute Gasteiger partial charge is 0.491 e. The Morgan fingerprint density at radius 3 is 2.49 bits per heavy atom. The number of carbonyl (C=O) groups is 2. The maximum absolute atomic E-state index is 13.4. The summed E-state index contributed by atoms with van der Waals surface area (Å²) in [5.74, 6) is 1.53. The van der Waals surface area contributed by atoms with Gasteiger partial charge in [-0.25, -0.2) is 8.42 Å². The molecule has 1 atom stereocenters. The minimum atomic E-state index is -3.20. The van der Waals surface area contributed by atoms with E-state index >= 15 is 0 Å². The zero-order valence-electron chi connectivity index (χ0n) is 24.7. The van der Waals surface area contributed by atoms with E-state index in [9.17, 15) is 18.0 Å². The molecule has 2 amide bonds. The van der Waals surface area contributed by atoms with E-state index in [1.807, 2.05) is 17.0 Å². The van der Waals surface area contributed by atoms with Gasteiger partial charge in [0.1, 0.15) is 12.4 Å². The summed E-state index contributed by atoms with van der Waals surface area (Å²) in [4.78, 5) is 30.8. The number of ether oxygens (including phenoxy) is 1. The van der Waals surface area contributed by atoms with Gasteiger partial charge in [0.15, 0.2) is 0 Å². The number of benzene rings is 1. The average Bonchev–Trinajstić information content (AvgIpc) is 2.98. The molecule has 1 spiro atoms. The highest BCUT2D eigenvalue weighted by molar-refractivity contribution is 7.88. The van der Waals surface area contributed by atoms with Gasteiger partial charge in [0.05, 0.1) is 24.8 Å². The van der Waals surface area contributed by atoms with Gasteiger partial charge in [-0.15, -0.1) is 0 Å². The number of para-hydroxylation sites is 1. The summed E-state index contributed by atoms with van der Waals surface area (Å²) in [5, 5.41) is 3.14. The lowest BCUT2D eigenvalue weighted by Gasteiger charge is -2.43. The third kappa shape index (κ3) is 7.43. The minimum Gasteiger partial charge on any atom is -0.491 e. The summed E-state index contributed by atoms with van der Waals surface area (Å²) in [6.45, 7) is 4.87. The average molecular weight is 589 g/mol. The summed E-state index contributed by atoms with van der Waals surface area (Å²) in [6.07, 6.45) is 11.4. The van der Waals surface area contributed by atoms with Gasteiger partial charge in [0.25, 0.3) is 0 Å². The third-order valence-corrected chi connectivity index (χ3v) is 11.3. The molecule has 1 unspecified atom stereocenters. The monoisotopic (exact) mass is 588 g/mol. The van der Waals surface area contributed by atoms with Crippen molar-refractivity contribution >= 4 is 21.8 Å². The number of nitrogens with one attached hydrogen (secondary N) is 1. The molecule has 3 fully saturated rings. The molecule has 10 heteroatoms. The Morgan fingerprint density at radius 1 is 0.976 bits per heavy atom. The van der Waals surface area contributed by atoms with Gasteiger partial charge in [-0.3, -0.25) is 14.5 Å². The zero-order chi connectivity index (χ0) is 28.9. The van der Waals surface area contributed by atoms with Crippen LogP contribution in [0, 0.1) is 11.3 Å². The number of hydrogen-bond acceptors (Lipinski definition) is 6. The number of fused-ring (bicyclic) bond motifs is 1. The predicted molar refractivity (Wildman–Crippen MR) is 159 cm³/mol. The van der Waals surface area contributed by atoms with Gasteiger partial charge in [-0.2, -0.15) is 4.31 Å². The van der Waals surface area contributed by atoms with Crippen LogP contribution in [-0.2, 0) is 26.0 Å². The van der Waals surface area contributed by atoms with Crippen LogP contribution < -0.4 is 10.1 Å². The number of nitrogens with zero attached hydrogens (tertiary/aromatic N) is 3. The molecule has 41 heavy (non-hydrogen) atoms. The highest BCUT2D eigenvalue weighted by atomic mass is 32.2. The summed E-state index contributed by atoms with van der Waals surface area (Å²) in [6, 6.07) is 8.26. The van der Waals surface area contributed by atoms with Crippen LogP contribution in [0.3, 0.4) is 0 Å². The Hall–Kier alpha value is -2.17. The second-order valence-corrected chi connectivity index (χ2v) is 14.6. The molecule has 0 saturated carbocycles. The van der Waals surface area contributed by atoms with E-state index in [1.54, 1.807) is 4.31 Å². The second-order valence-electron chi connectivity index (χ2n) is 12.6. The van der Waals surface area contributed by atoms with Crippen LogP contribution in [0.15, 0.2) is 24.3 Å². The van der Waals surface area contributed by atoms with Crippen LogP contribution in [0.1, 0.15) is 69.8 Å². The molecule has 1 aromatic rings. The standard InChI is InChI=1S/C31H48N4O5S/c1-41(38,39)35-18-7-5-10-27(35)25-12-19-34(20-13-25)29(36)24-33-21-15-31(16-22-33)14-6-4-9-26-8-2-3-11-28(26)40-23-17-32-30(31)37/h2-3,8,11,25,27H,4-7,9-10,12-24H2,1H3,(H,32,37). The first-order chi connectivity index (χ1) is 19.7. The molecule has 4 aliphatic rings. The fourth-order valence-electron chi connectivity index (χ4n) is 7.51. The smallest absolute Gasteiger partial charge is 0.236 e. The molecule has 3 saturated heterocycles. The second kappa shape index (κ2) is 13.4. The van der Waals surface area contributed by atoms with Crippen LogP contribution in [-0.4, -0.2) is 99.1 Å². The number of sulfonamides is 1. The van der Waals surface area contributed by atoms with E-state index in [-0.39, 0.29) is 23.3 Å². The van der Waals surface area contributed by atoms with Crippen LogP contribution in [0.25, 0.3) is 0 Å². The van der Waals surface area contributed by atoms with Crippen molar-refractivity contribution in [3.8, 4) is 5.75 Å². The lowest BCUT2D eigenvalue weighted by atomic mass is 9.73. The summed E-state index contributed by atoms with van der Waals surface area (Å²) in [5.41, 5.74) is 0.861. The van der Waals surface area contributed by atoms with E-state index in [0.29, 0.717) is 45.2 Å². The molecule has 4 heterocycles. The molecule has 0 aromatic heterocycles. The van der Waals surface area contributed by atoms with Crippen molar-refractivity contribution in [2.24, 2.45) is 11.3 Å². The first-order valence-corrected chi connectivity index (χ1v) is 17.6. The van der Waals surface area contributed by atoms with Crippen molar-refractivity contribution < 1.29 is 22.7 Å². The van der Waals surface area contributed by atoms with E-state index in [1.165, 1.54) is 11.8 Å². The lowest BCUT2D eigenvalue weighted by molar-refractivity contribution is -0.137. The Labute approximate surface area is 246 Å². The van der Waals surface area contributed by atoms with Crippen molar-refractivity contribution in [2.45, 2.75) is 76.7 Å². The maximum atomic E-state index is 13.4. The molecule has 0 aliphatic carbocycles. The van der Waals surface area contributed by atoms with Crippen LogP contribution in [0.2, 0.25) is 0 Å². The van der Waals surface area contributed by atoms with E-state index in [0.717, 1.165) is 89.5 Å². The predicted octanol–water partition coefficient (Wildman–Crippen LogP) is 3.04. The molecule has 0 radical (unpaired) electrons. The van der Waals surface area contributed by atoms with Crippen LogP contribution in [0.4, 0.5) is 0 Å². The first-order valence-electron chi connectivity index (χ1n) is 15.7. The van der Waals surface area contributed by atoms with Gasteiger partial charge in [-0.1, -0.05) is 31.0 Å². The summed E-state index contributed by atoms with van der Waals surface area (Å²) >= 11 is 0. The quantitative estimate of drug-likeness (QED) is 0.581. The van der Waals surface area contributed by atoms with E-state index in [2.05, 4.69) is 22.3 Å². The minimum absolute atomic E-state index is 0.0766. The summed E-state index contributed by atoms with van der Waals surface area (Å²) in [7, 11) is -3.20. The number of piperidine rings is 3. The molecule has 1 aromatic carbocycles. The molecule has 9 nitrogen and oxygen atoms in total. The Balaban J connectivity index is 1.10. The van der Waals surface area contributed by atoms with E-state index < -0.39 is 10.0 Å². The Bertz CT molecular complexity index is 1160. The fourth-order valence-corrected chi connectivity index (χ4v) is 8.74. The van der Waals surface area contributed by atoms with Gasteiger partial charge in [-0.05, 0) is 88.4 Å². The summed E-state index contributed by atoms with van der Waals surface area (Å²) < 4.78 is 32.4. The number of likely N-dealkylation sites (tertiary alicyclic amines) is 2. The molecule has 4 aliphatic heterocycles. The number of aryl methyl sites for hydroxylation is 1. The Morgan fingerprint density at radius 2 is 1.73 bits per heavy atom. The Kier molecular flexibility index (Phi) is 9.92. The third-order valence-electron chi connectivity index (χ3n) is 9.98. The first kappa shape index (κ1) is 30.3. The molecular weight excluding hydrogens is 540 g/mol. The van der Waals surface area contributed by atoms with Crippen molar-refractivity contribution in [2.75, 3.05) is 58.7 Å². The molecule has 5 rings (SSSR count). The van der Waals surface area contributed by atoms with Crippen molar-refractivity contribution in [1.29, 1.82) is 0 Å². The van der Waals surface area contributed by atoms with Crippen LogP contribution in [0.5, 0.6) is 5.75 Å². The molecule has 228 valence electrons. The normalized spacial score (nSPS) is 25.8. The van der Waals surface area contributed by atoms with E-state index in [4.69, 9.17) is 4.74 Å². The van der Waals surface area contributed by atoms with Crippen LogP contribution >= 0.6 is 0 Å². The van der Waals surface area contributed by atoms with Crippen molar-refractivity contribution in [3.63, 3.8) is 0 Å². The SMILES string of the molecule is CS(=O)(=O)N1CCCCC1C1CCN(C(=O)CN2CCC3(CCCCc4ccccc4OCCNC3=O)CC2)CC1. The van der Waals surface area contributed by atoms with Gasteiger partial charge in [0, 0.05) is 25.7 Å². The van der Waals surface area contributed by atoms with Crippen molar-refractivity contribution in [3.05, 3.63) is 29.8 Å². The number of hydrogen-bond donors (Lipinski definition) is 1. The van der Waals surface area contributed by atoms with Gasteiger partial charge >= 0.3 is 0 Å². The molecule has 1 N–H and O–H groups in total. The zero-order valence-corrected chi connectivity index (χ0v) is 25.5. The fraction of sp³-hybridized carbons (Fsp3) is 0.742. The molecule has 0 bridgehead atoms.